The molecule has 6 nitrogen and oxygen atoms in total. The van der Waals surface area contributed by atoms with Crippen LogP contribution in [0.5, 0.6) is 0 Å². The van der Waals surface area contributed by atoms with E-state index < -0.39 is 15.7 Å². The maximum absolute atomic E-state index is 12.5. The van der Waals surface area contributed by atoms with Crippen molar-refractivity contribution in [1.82, 2.24) is 14.3 Å². The van der Waals surface area contributed by atoms with Crippen molar-refractivity contribution in [3.05, 3.63) is 0 Å². The van der Waals surface area contributed by atoms with Gasteiger partial charge in [-0.2, -0.15) is 17.4 Å². The van der Waals surface area contributed by atoms with E-state index in [1.807, 2.05) is 6.92 Å². The second kappa shape index (κ2) is 7.37. The van der Waals surface area contributed by atoms with Gasteiger partial charge in [0.25, 0.3) is 10.2 Å². The van der Waals surface area contributed by atoms with Crippen molar-refractivity contribution < 1.29 is 13.2 Å². The van der Waals surface area contributed by atoms with Gasteiger partial charge >= 0.3 is 0 Å². The van der Waals surface area contributed by atoms with Gasteiger partial charge in [0.05, 0.1) is 12.1 Å². The Morgan fingerprint density at radius 2 is 2.05 bits per heavy atom. The van der Waals surface area contributed by atoms with Crippen LogP contribution in [0.15, 0.2) is 0 Å². The minimum absolute atomic E-state index is 0.461. The summed E-state index contributed by atoms with van der Waals surface area (Å²) in [7, 11) is -3.40. The van der Waals surface area contributed by atoms with Crippen LogP contribution in [0.25, 0.3) is 0 Å². The number of nitrogens with one attached hydrogen (secondary N) is 2. The monoisotopic (exact) mass is 319 g/mol. The van der Waals surface area contributed by atoms with Crippen molar-refractivity contribution in [2.75, 3.05) is 39.4 Å². The lowest BCUT2D eigenvalue weighted by Crippen LogP contribution is -2.56. The molecule has 124 valence electrons. The average Bonchev–Trinajstić information content (AvgIpc) is 2.45. The molecular weight excluding hydrogens is 290 g/mol. The van der Waals surface area contributed by atoms with Crippen molar-refractivity contribution in [2.45, 2.75) is 45.1 Å². The third-order valence-electron chi connectivity index (χ3n) is 4.41. The first-order chi connectivity index (χ1) is 9.95. The predicted octanol–water partition coefficient (Wildman–Crippen LogP) is 0.711. The highest BCUT2D eigenvalue weighted by molar-refractivity contribution is 7.87. The third-order valence-corrected chi connectivity index (χ3v) is 6.21. The Morgan fingerprint density at radius 3 is 2.62 bits per heavy atom. The van der Waals surface area contributed by atoms with E-state index in [-0.39, 0.29) is 0 Å². The van der Waals surface area contributed by atoms with Gasteiger partial charge in [0, 0.05) is 19.7 Å². The lowest BCUT2D eigenvalue weighted by Gasteiger charge is -2.37. The molecule has 2 saturated heterocycles. The Morgan fingerprint density at radius 1 is 1.33 bits per heavy atom. The van der Waals surface area contributed by atoms with Crippen molar-refractivity contribution >= 4 is 10.2 Å². The van der Waals surface area contributed by atoms with Crippen LogP contribution in [0.1, 0.15) is 39.5 Å². The summed E-state index contributed by atoms with van der Waals surface area (Å²) in [6, 6.07) is 0. The lowest BCUT2D eigenvalue weighted by atomic mass is 9.97. The van der Waals surface area contributed by atoms with Crippen molar-refractivity contribution in [3.8, 4) is 0 Å². The first kappa shape index (κ1) is 17.1. The predicted molar refractivity (Wildman–Crippen MR) is 83.4 cm³/mol. The van der Waals surface area contributed by atoms with Gasteiger partial charge in [-0.15, -0.1) is 0 Å². The summed E-state index contributed by atoms with van der Waals surface area (Å²) in [5, 5.41) is 3.34. The SMILES string of the molecule is CCNCC1CCN(S(=O)(=O)NC2(C)CCCOC2)CC1. The summed E-state index contributed by atoms with van der Waals surface area (Å²) < 4.78 is 34.9. The fourth-order valence-corrected chi connectivity index (χ4v) is 4.70. The van der Waals surface area contributed by atoms with Crippen LogP contribution in [-0.2, 0) is 14.9 Å². The van der Waals surface area contributed by atoms with E-state index in [1.165, 1.54) is 0 Å². The standard InChI is InChI=1S/C14H29N3O3S/c1-3-15-11-13-5-8-17(9-6-13)21(18,19)16-14(2)7-4-10-20-12-14/h13,15-16H,3-12H2,1-2H3. The van der Waals surface area contributed by atoms with E-state index in [0.717, 1.165) is 45.4 Å². The van der Waals surface area contributed by atoms with Crippen LogP contribution < -0.4 is 10.0 Å². The highest BCUT2D eigenvalue weighted by Gasteiger charge is 2.36. The van der Waals surface area contributed by atoms with Crippen molar-refractivity contribution in [1.29, 1.82) is 0 Å². The highest BCUT2D eigenvalue weighted by Crippen LogP contribution is 2.23. The number of nitrogens with zero attached hydrogens (tertiary/aromatic N) is 1. The quantitative estimate of drug-likeness (QED) is 0.756. The van der Waals surface area contributed by atoms with Crippen LogP contribution >= 0.6 is 0 Å². The minimum Gasteiger partial charge on any atom is -0.380 e. The van der Waals surface area contributed by atoms with E-state index in [0.29, 0.717) is 25.6 Å². The van der Waals surface area contributed by atoms with Gasteiger partial charge in [-0.25, -0.2) is 0 Å². The fourth-order valence-electron chi connectivity index (χ4n) is 3.09. The number of ether oxygens (including phenoxy) is 1. The van der Waals surface area contributed by atoms with Gasteiger partial charge in [-0.3, -0.25) is 0 Å². The molecule has 0 aromatic rings. The minimum atomic E-state index is -3.40. The molecule has 2 N–H and O–H groups in total. The molecule has 21 heavy (non-hydrogen) atoms. The van der Waals surface area contributed by atoms with E-state index >= 15 is 0 Å². The molecule has 0 spiro atoms. The average molecular weight is 319 g/mol. The number of hydrogen-bond donors (Lipinski definition) is 2. The highest BCUT2D eigenvalue weighted by atomic mass is 32.2. The Labute approximate surface area is 128 Å². The summed E-state index contributed by atoms with van der Waals surface area (Å²) >= 11 is 0. The molecule has 2 fully saturated rings. The Kier molecular flexibility index (Phi) is 6.02. The number of piperidine rings is 1. The fraction of sp³-hybridized carbons (Fsp3) is 1.00. The van der Waals surface area contributed by atoms with Crippen LogP contribution in [0.3, 0.4) is 0 Å². The molecule has 1 atom stereocenters. The first-order valence-corrected chi connectivity index (χ1v) is 9.47. The van der Waals surface area contributed by atoms with E-state index in [9.17, 15) is 8.42 Å². The molecule has 0 saturated carbocycles. The van der Waals surface area contributed by atoms with Crippen LogP contribution in [0.4, 0.5) is 0 Å². The zero-order valence-corrected chi connectivity index (χ0v) is 14.0. The van der Waals surface area contributed by atoms with Gasteiger partial charge in [-0.1, -0.05) is 6.92 Å². The molecule has 2 heterocycles. The summed E-state index contributed by atoms with van der Waals surface area (Å²) in [5.74, 6) is 0.588. The maximum atomic E-state index is 12.5. The van der Waals surface area contributed by atoms with Crippen LogP contribution in [0.2, 0.25) is 0 Å². The van der Waals surface area contributed by atoms with Gasteiger partial charge in [0.2, 0.25) is 0 Å². The third kappa shape index (κ3) is 4.89. The smallest absolute Gasteiger partial charge is 0.280 e. The Balaban J connectivity index is 1.86. The van der Waals surface area contributed by atoms with Gasteiger partial charge < -0.3 is 10.1 Å². The summed E-state index contributed by atoms with van der Waals surface area (Å²) in [5.41, 5.74) is -0.461. The molecule has 0 aromatic heterocycles. The van der Waals surface area contributed by atoms with Crippen molar-refractivity contribution in [2.24, 2.45) is 5.92 Å². The molecule has 2 aliphatic rings. The second-order valence-corrected chi connectivity index (χ2v) is 8.14. The molecular formula is C14H29N3O3S. The van der Waals surface area contributed by atoms with E-state index in [2.05, 4.69) is 17.0 Å². The molecule has 1 unspecified atom stereocenters. The number of hydrogen-bond acceptors (Lipinski definition) is 4. The molecule has 0 radical (unpaired) electrons. The summed E-state index contributed by atoms with van der Waals surface area (Å²) in [6.45, 7) is 8.40. The molecule has 0 amide bonds. The normalized spacial score (nSPS) is 29.6. The molecule has 2 rings (SSSR count). The second-order valence-electron chi connectivity index (χ2n) is 6.47. The summed E-state index contributed by atoms with van der Waals surface area (Å²) in [4.78, 5) is 0. The van der Waals surface area contributed by atoms with Gasteiger partial charge in [-0.05, 0) is 51.6 Å². The maximum Gasteiger partial charge on any atom is 0.280 e. The zero-order valence-electron chi connectivity index (χ0n) is 13.2. The van der Waals surface area contributed by atoms with Gasteiger partial charge in [0.15, 0.2) is 0 Å². The number of rotatable bonds is 6. The topological polar surface area (TPSA) is 70.7 Å². The molecule has 0 aliphatic carbocycles. The Bertz CT molecular complexity index is 413. The zero-order chi connectivity index (χ0) is 15.3. The van der Waals surface area contributed by atoms with E-state index in [4.69, 9.17) is 4.74 Å². The largest absolute Gasteiger partial charge is 0.380 e. The molecule has 0 aromatic carbocycles. The molecule has 2 aliphatic heterocycles. The first-order valence-electron chi connectivity index (χ1n) is 8.03. The molecule has 0 bridgehead atoms. The van der Waals surface area contributed by atoms with Gasteiger partial charge in [0.1, 0.15) is 0 Å². The molecule has 7 heteroatoms. The van der Waals surface area contributed by atoms with Crippen LogP contribution in [0, 0.1) is 5.92 Å². The summed E-state index contributed by atoms with van der Waals surface area (Å²) in [6.07, 6.45) is 3.61. The van der Waals surface area contributed by atoms with Crippen molar-refractivity contribution in [3.63, 3.8) is 0 Å². The van der Waals surface area contributed by atoms with Crippen LogP contribution in [-0.4, -0.2) is 57.7 Å². The lowest BCUT2D eigenvalue weighted by molar-refractivity contribution is 0.0377. The van der Waals surface area contributed by atoms with E-state index in [1.54, 1.807) is 4.31 Å². The Hall–Kier alpha value is -0.210.